The van der Waals surface area contributed by atoms with E-state index in [1.165, 1.54) is 0 Å². The maximum Gasteiger partial charge on any atom is 0.236 e. The fourth-order valence-electron chi connectivity index (χ4n) is 2.84. The first-order chi connectivity index (χ1) is 10.7. The van der Waals surface area contributed by atoms with Gasteiger partial charge in [0.25, 0.3) is 0 Å². The molecule has 0 spiro atoms. The predicted octanol–water partition coefficient (Wildman–Crippen LogP) is -0.838. The van der Waals surface area contributed by atoms with Crippen molar-refractivity contribution in [1.82, 2.24) is 20.1 Å². The quantitative estimate of drug-likeness (QED) is 0.789. The molecule has 0 radical (unpaired) electrons. The Kier molecular flexibility index (Phi) is 4.53. The third-order valence-corrected chi connectivity index (χ3v) is 4.08. The highest BCUT2D eigenvalue weighted by molar-refractivity contribution is 5.82. The van der Waals surface area contributed by atoms with Crippen molar-refractivity contribution in [3.8, 4) is 0 Å². The van der Waals surface area contributed by atoms with Crippen molar-refractivity contribution in [2.75, 3.05) is 57.3 Å². The number of hydrogen-bond acceptors (Lipinski definition) is 5. The van der Waals surface area contributed by atoms with Gasteiger partial charge in [-0.25, -0.2) is 4.98 Å². The fraction of sp³-hybridized carbons (Fsp3) is 0.533. The zero-order valence-corrected chi connectivity index (χ0v) is 12.6. The van der Waals surface area contributed by atoms with Gasteiger partial charge < -0.3 is 15.1 Å². The van der Waals surface area contributed by atoms with Crippen LogP contribution in [-0.4, -0.2) is 79.0 Å². The van der Waals surface area contributed by atoms with Crippen molar-refractivity contribution in [2.24, 2.45) is 0 Å². The monoisotopic (exact) mass is 303 g/mol. The van der Waals surface area contributed by atoms with E-state index in [1.807, 2.05) is 28.0 Å². The van der Waals surface area contributed by atoms with E-state index in [4.69, 9.17) is 0 Å². The standard InChI is InChI=1S/C15H21N5O2/c21-14-11-18(6-5-17-14)12-15(22)20-9-7-19(8-10-20)13-3-1-2-4-16-13/h1-4H,5-12H2,(H,17,21). The average Bonchev–Trinajstić information content (AvgIpc) is 2.56. The van der Waals surface area contributed by atoms with Gasteiger partial charge in [0.1, 0.15) is 5.82 Å². The maximum absolute atomic E-state index is 12.3. The minimum Gasteiger partial charge on any atom is -0.354 e. The highest BCUT2D eigenvalue weighted by Gasteiger charge is 2.25. The molecule has 0 saturated carbocycles. The zero-order chi connectivity index (χ0) is 15.4. The van der Waals surface area contributed by atoms with Crippen LogP contribution < -0.4 is 10.2 Å². The summed E-state index contributed by atoms with van der Waals surface area (Å²) in [5, 5.41) is 2.77. The number of nitrogens with one attached hydrogen (secondary N) is 1. The molecule has 2 amide bonds. The molecule has 2 aliphatic rings. The SMILES string of the molecule is O=C1CN(CC(=O)N2CCN(c3ccccn3)CC2)CCN1. The Hall–Kier alpha value is -2.15. The van der Waals surface area contributed by atoms with Crippen LogP contribution in [0, 0.1) is 0 Å². The summed E-state index contributed by atoms with van der Waals surface area (Å²) in [7, 11) is 0. The molecule has 1 aromatic heterocycles. The van der Waals surface area contributed by atoms with Crippen LogP contribution in [0.4, 0.5) is 5.82 Å². The molecule has 0 unspecified atom stereocenters. The van der Waals surface area contributed by atoms with Gasteiger partial charge in [-0.15, -0.1) is 0 Å². The normalized spacial score (nSPS) is 19.9. The molecule has 1 aromatic rings. The molecule has 0 atom stereocenters. The highest BCUT2D eigenvalue weighted by atomic mass is 16.2. The van der Waals surface area contributed by atoms with E-state index in [2.05, 4.69) is 15.2 Å². The Labute approximate surface area is 129 Å². The second-order valence-electron chi connectivity index (χ2n) is 5.62. The molecule has 2 fully saturated rings. The topological polar surface area (TPSA) is 68.8 Å². The smallest absolute Gasteiger partial charge is 0.236 e. The lowest BCUT2D eigenvalue weighted by atomic mass is 10.2. The molecular formula is C15H21N5O2. The van der Waals surface area contributed by atoms with Gasteiger partial charge in [0.05, 0.1) is 13.1 Å². The lowest BCUT2D eigenvalue weighted by Crippen LogP contribution is -2.54. The fourth-order valence-corrected chi connectivity index (χ4v) is 2.84. The van der Waals surface area contributed by atoms with Gasteiger partial charge in [-0.05, 0) is 12.1 Å². The molecule has 7 nitrogen and oxygen atoms in total. The molecule has 7 heteroatoms. The van der Waals surface area contributed by atoms with Crippen molar-refractivity contribution in [3.63, 3.8) is 0 Å². The van der Waals surface area contributed by atoms with Crippen LogP contribution in [0.2, 0.25) is 0 Å². The first-order valence-electron chi connectivity index (χ1n) is 7.65. The molecule has 3 heterocycles. The van der Waals surface area contributed by atoms with E-state index in [0.29, 0.717) is 32.7 Å². The first-order valence-corrected chi connectivity index (χ1v) is 7.65. The summed E-state index contributed by atoms with van der Waals surface area (Å²) < 4.78 is 0. The number of rotatable bonds is 3. The number of hydrogen-bond donors (Lipinski definition) is 1. The molecule has 0 aliphatic carbocycles. The number of pyridine rings is 1. The maximum atomic E-state index is 12.3. The number of nitrogens with zero attached hydrogens (tertiary/aromatic N) is 4. The molecule has 118 valence electrons. The Morgan fingerprint density at radius 2 is 2.00 bits per heavy atom. The number of aromatic nitrogens is 1. The van der Waals surface area contributed by atoms with Crippen molar-refractivity contribution in [3.05, 3.63) is 24.4 Å². The Morgan fingerprint density at radius 3 is 2.68 bits per heavy atom. The predicted molar refractivity (Wildman–Crippen MR) is 82.5 cm³/mol. The van der Waals surface area contributed by atoms with Crippen LogP contribution in [0.3, 0.4) is 0 Å². The third kappa shape index (κ3) is 3.54. The summed E-state index contributed by atoms with van der Waals surface area (Å²) in [5.74, 6) is 1.07. The Morgan fingerprint density at radius 1 is 1.18 bits per heavy atom. The lowest BCUT2D eigenvalue weighted by Gasteiger charge is -2.36. The van der Waals surface area contributed by atoms with E-state index in [-0.39, 0.29) is 11.8 Å². The van der Waals surface area contributed by atoms with Crippen LogP contribution in [0.15, 0.2) is 24.4 Å². The van der Waals surface area contributed by atoms with Crippen molar-refractivity contribution in [2.45, 2.75) is 0 Å². The third-order valence-electron chi connectivity index (χ3n) is 4.08. The number of piperazine rings is 2. The molecular weight excluding hydrogens is 282 g/mol. The highest BCUT2D eigenvalue weighted by Crippen LogP contribution is 2.12. The zero-order valence-electron chi connectivity index (χ0n) is 12.6. The Balaban J connectivity index is 1.48. The number of anilines is 1. The van der Waals surface area contributed by atoms with Gasteiger partial charge in [0.15, 0.2) is 0 Å². The number of amides is 2. The van der Waals surface area contributed by atoms with Gasteiger partial charge in [-0.3, -0.25) is 14.5 Å². The molecule has 1 N–H and O–H groups in total. The van der Waals surface area contributed by atoms with Crippen LogP contribution >= 0.6 is 0 Å². The summed E-state index contributed by atoms with van der Waals surface area (Å²) in [6.07, 6.45) is 1.79. The van der Waals surface area contributed by atoms with Gasteiger partial charge in [-0.2, -0.15) is 0 Å². The van der Waals surface area contributed by atoms with E-state index in [1.54, 1.807) is 6.20 Å². The summed E-state index contributed by atoms with van der Waals surface area (Å²) in [6, 6.07) is 5.86. The Bertz CT molecular complexity index is 528. The summed E-state index contributed by atoms with van der Waals surface area (Å²) in [4.78, 5) is 34.0. The van der Waals surface area contributed by atoms with E-state index in [9.17, 15) is 9.59 Å². The second kappa shape index (κ2) is 6.74. The van der Waals surface area contributed by atoms with Crippen LogP contribution in [-0.2, 0) is 9.59 Å². The molecule has 22 heavy (non-hydrogen) atoms. The molecule has 3 rings (SSSR count). The average molecular weight is 303 g/mol. The molecule has 0 bridgehead atoms. The minimum absolute atomic E-state index is 0.000906. The minimum atomic E-state index is -0.000906. The van der Waals surface area contributed by atoms with Gasteiger partial charge in [-0.1, -0.05) is 6.07 Å². The van der Waals surface area contributed by atoms with Gasteiger partial charge in [0, 0.05) is 45.5 Å². The van der Waals surface area contributed by atoms with Crippen LogP contribution in [0.25, 0.3) is 0 Å². The lowest BCUT2D eigenvalue weighted by molar-refractivity contribution is -0.134. The van der Waals surface area contributed by atoms with Gasteiger partial charge in [0.2, 0.25) is 11.8 Å². The second-order valence-corrected chi connectivity index (χ2v) is 5.62. The van der Waals surface area contributed by atoms with E-state index in [0.717, 1.165) is 25.5 Å². The summed E-state index contributed by atoms with van der Waals surface area (Å²) >= 11 is 0. The van der Waals surface area contributed by atoms with Crippen LogP contribution in [0.1, 0.15) is 0 Å². The summed E-state index contributed by atoms with van der Waals surface area (Å²) in [5.41, 5.74) is 0. The first kappa shape index (κ1) is 14.8. The van der Waals surface area contributed by atoms with Gasteiger partial charge >= 0.3 is 0 Å². The summed E-state index contributed by atoms with van der Waals surface area (Å²) in [6.45, 7) is 5.01. The number of carbonyl (C=O) groups is 2. The van der Waals surface area contributed by atoms with E-state index < -0.39 is 0 Å². The van der Waals surface area contributed by atoms with Crippen molar-refractivity contribution in [1.29, 1.82) is 0 Å². The van der Waals surface area contributed by atoms with Crippen molar-refractivity contribution < 1.29 is 9.59 Å². The molecule has 2 aliphatic heterocycles. The van der Waals surface area contributed by atoms with Crippen molar-refractivity contribution >= 4 is 17.6 Å². The molecule has 0 aromatic carbocycles. The van der Waals surface area contributed by atoms with Crippen LogP contribution in [0.5, 0.6) is 0 Å². The largest absolute Gasteiger partial charge is 0.354 e. The number of carbonyl (C=O) groups excluding carboxylic acids is 2. The molecule has 2 saturated heterocycles. The van der Waals surface area contributed by atoms with E-state index >= 15 is 0 Å².